The van der Waals surface area contributed by atoms with Crippen molar-refractivity contribution in [3.8, 4) is 0 Å². The monoisotopic (exact) mass is 378 g/mol. The predicted octanol–water partition coefficient (Wildman–Crippen LogP) is 0.150. The highest BCUT2D eigenvalue weighted by Crippen LogP contribution is 2.15. The van der Waals surface area contributed by atoms with Crippen molar-refractivity contribution in [1.82, 2.24) is 29.4 Å². The van der Waals surface area contributed by atoms with Gasteiger partial charge in [0, 0.05) is 31.5 Å². The molecule has 0 N–H and O–H groups in total. The molecule has 3 heterocycles. The Balaban J connectivity index is 1.54. The van der Waals surface area contributed by atoms with Crippen molar-refractivity contribution in [2.45, 2.75) is 19.0 Å². The second kappa shape index (κ2) is 8.00. The smallest absolute Gasteiger partial charge is 0.253 e. The molecule has 2 amide bonds. The van der Waals surface area contributed by atoms with E-state index in [-0.39, 0.29) is 24.1 Å². The summed E-state index contributed by atoms with van der Waals surface area (Å²) in [6.45, 7) is 6.15. The van der Waals surface area contributed by atoms with Crippen molar-refractivity contribution in [2.24, 2.45) is 0 Å². The molecule has 0 radical (unpaired) electrons. The highest BCUT2D eigenvalue weighted by molar-refractivity contribution is 7.99. The first-order valence-corrected chi connectivity index (χ1v) is 9.36. The Morgan fingerprint density at radius 2 is 2.00 bits per heavy atom. The first-order valence-electron chi connectivity index (χ1n) is 8.37. The number of aromatic nitrogens is 4. The van der Waals surface area contributed by atoms with Gasteiger partial charge in [-0.25, -0.2) is 9.50 Å². The van der Waals surface area contributed by atoms with Crippen LogP contribution in [0.25, 0.3) is 5.78 Å². The van der Waals surface area contributed by atoms with Gasteiger partial charge in [0.25, 0.3) is 5.78 Å². The topological polar surface area (TPSA) is 92.9 Å². The Bertz CT molecular complexity index is 818. The Labute approximate surface area is 155 Å². The summed E-state index contributed by atoms with van der Waals surface area (Å²) in [4.78, 5) is 36.3. The van der Waals surface area contributed by atoms with Gasteiger partial charge in [-0.2, -0.15) is 4.98 Å². The third-order valence-electron chi connectivity index (χ3n) is 4.09. The lowest BCUT2D eigenvalue weighted by Crippen LogP contribution is -2.46. The number of amides is 2. The number of ether oxygens (including phenoxy) is 1. The fourth-order valence-corrected chi connectivity index (χ4v) is 3.41. The van der Waals surface area contributed by atoms with Crippen LogP contribution in [-0.2, 0) is 14.3 Å². The third kappa shape index (κ3) is 4.31. The van der Waals surface area contributed by atoms with Crippen molar-refractivity contribution in [3.63, 3.8) is 0 Å². The Hall–Kier alpha value is -2.20. The normalized spacial score (nSPS) is 14.7. The van der Waals surface area contributed by atoms with E-state index in [2.05, 4.69) is 15.1 Å². The van der Waals surface area contributed by atoms with Crippen LogP contribution in [0.3, 0.4) is 0 Å². The molecule has 140 valence electrons. The number of likely N-dealkylation sites (N-methyl/N-ethyl adjacent to an activating group) is 1. The minimum Gasteiger partial charge on any atom is -0.378 e. The van der Waals surface area contributed by atoms with Gasteiger partial charge in [0.2, 0.25) is 17.0 Å². The highest BCUT2D eigenvalue weighted by Gasteiger charge is 2.21. The number of carbonyl (C=O) groups excluding carboxylic acids is 2. The van der Waals surface area contributed by atoms with Crippen LogP contribution >= 0.6 is 11.8 Å². The van der Waals surface area contributed by atoms with Crippen molar-refractivity contribution in [3.05, 3.63) is 17.5 Å². The second-order valence-electron chi connectivity index (χ2n) is 6.18. The first kappa shape index (κ1) is 18.6. The van der Waals surface area contributed by atoms with E-state index in [9.17, 15) is 9.59 Å². The minimum absolute atomic E-state index is 0.0599. The standard InChI is InChI=1S/C16H22N6O3S/c1-11-8-12(2)22-15(17-11)18-16(19-22)26-10-14(24)20(3)9-13(23)21-4-6-25-7-5-21/h8H,4-7,9-10H2,1-3H3. The number of rotatable bonds is 5. The average molecular weight is 378 g/mol. The molecular formula is C16H22N6O3S. The molecule has 2 aromatic heterocycles. The number of fused-ring (bicyclic) bond motifs is 1. The summed E-state index contributed by atoms with van der Waals surface area (Å²) in [5.41, 5.74) is 1.81. The van der Waals surface area contributed by atoms with Gasteiger partial charge in [-0.05, 0) is 19.9 Å². The summed E-state index contributed by atoms with van der Waals surface area (Å²) < 4.78 is 6.89. The number of aryl methyl sites for hydroxylation is 2. The van der Waals surface area contributed by atoms with Crippen molar-refractivity contribution >= 4 is 29.4 Å². The van der Waals surface area contributed by atoms with Gasteiger partial charge in [0.15, 0.2) is 0 Å². The van der Waals surface area contributed by atoms with Crippen LogP contribution < -0.4 is 0 Å². The number of carbonyl (C=O) groups is 2. The molecule has 0 spiro atoms. The van der Waals surface area contributed by atoms with E-state index in [1.54, 1.807) is 16.5 Å². The molecule has 3 rings (SSSR count). The molecule has 2 aromatic rings. The molecule has 1 aliphatic rings. The fourth-order valence-electron chi connectivity index (χ4n) is 2.65. The van der Waals surface area contributed by atoms with Gasteiger partial charge in [0.05, 0.1) is 25.5 Å². The van der Waals surface area contributed by atoms with Crippen LogP contribution in [0.5, 0.6) is 0 Å². The summed E-state index contributed by atoms with van der Waals surface area (Å²) in [5.74, 6) is 0.488. The van der Waals surface area contributed by atoms with E-state index >= 15 is 0 Å². The molecular weight excluding hydrogens is 356 g/mol. The zero-order valence-corrected chi connectivity index (χ0v) is 16.0. The van der Waals surface area contributed by atoms with Crippen LogP contribution in [-0.4, -0.2) is 86.8 Å². The second-order valence-corrected chi connectivity index (χ2v) is 7.12. The summed E-state index contributed by atoms with van der Waals surface area (Å²) in [6.07, 6.45) is 0. The predicted molar refractivity (Wildman–Crippen MR) is 96.0 cm³/mol. The summed E-state index contributed by atoms with van der Waals surface area (Å²) in [5, 5.41) is 4.86. The fraction of sp³-hybridized carbons (Fsp3) is 0.562. The summed E-state index contributed by atoms with van der Waals surface area (Å²) in [6, 6.07) is 1.92. The maximum Gasteiger partial charge on any atom is 0.253 e. The van der Waals surface area contributed by atoms with Crippen molar-refractivity contribution in [2.75, 3.05) is 45.6 Å². The summed E-state index contributed by atoms with van der Waals surface area (Å²) in [7, 11) is 1.63. The minimum atomic E-state index is -0.142. The number of thioether (sulfide) groups is 1. The van der Waals surface area contributed by atoms with Crippen LogP contribution in [0.15, 0.2) is 11.2 Å². The SMILES string of the molecule is Cc1cc(C)n2nc(SCC(=O)N(C)CC(=O)N3CCOCC3)nc2n1. The van der Waals surface area contributed by atoms with E-state index in [4.69, 9.17) is 4.74 Å². The number of hydrogen-bond donors (Lipinski definition) is 0. The molecule has 10 heteroatoms. The number of nitrogens with zero attached hydrogens (tertiary/aromatic N) is 6. The lowest BCUT2D eigenvalue weighted by molar-refractivity contribution is -0.140. The van der Waals surface area contributed by atoms with Crippen LogP contribution in [0.2, 0.25) is 0 Å². The van der Waals surface area contributed by atoms with Gasteiger partial charge in [-0.1, -0.05) is 11.8 Å². The van der Waals surface area contributed by atoms with Crippen molar-refractivity contribution < 1.29 is 14.3 Å². The molecule has 9 nitrogen and oxygen atoms in total. The maximum absolute atomic E-state index is 12.3. The van der Waals surface area contributed by atoms with Gasteiger partial charge in [0.1, 0.15) is 0 Å². The zero-order valence-electron chi connectivity index (χ0n) is 15.1. The number of hydrogen-bond acceptors (Lipinski definition) is 7. The molecule has 1 fully saturated rings. The van der Waals surface area contributed by atoms with E-state index in [0.717, 1.165) is 11.4 Å². The first-order chi connectivity index (χ1) is 12.4. The maximum atomic E-state index is 12.3. The zero-order chi connectivity index (χ0) is 18.7. The van der Waals surface area contributed by atoms with E-state index in [1.165, 1.54) is 16.7 Å². The molecule has 0 saturated carbocycles. The van der Waals surface area contributed by atoms with Gasteiger partial charge < -0.3 is 14.5 Å². The number of morpholine rings is 1. The van der Waals surface area contributed by atoms with Gasteiger partial charge >= 0.3 is 0 Å². The van der Waals surface area contributed by atoms with Crippen LogP contribution in [0.4, 0.5) is 0 Å². The Kier molecular flexibility index (Phi) is 5.72. The molecule has 0 aromatic carbocycles. The van der Waals surface area contributed by atoms with Crippen LogP contribution in [0.1, 0.15) is 11.4 Å². The lowest BCUT2D eigenvalue weighted by atomic mass is 10.4. The van der Waals surface area contributed by atoms with E-state index < -0.39 is 0 Å². The average Bonchev–Trinajstić information content (AvgIpc) is 3.03. The molecule has 0 unspecified atom stereocenters. The molecule has 1 saturated heterocycles. The van der Waals surface area contributed by atoms with E-state index in [0.29, 0.717) is 37.2 Å². The molecule has 26 heavy (non-hydrogen) atoms. The van der Waals surface area contributed by atoms with Gasteiger partial charge in [-0.3, -0.25) is 9.59 Å². The molecule has 1 aliphatic heterocycles. The lowest BCUT2D eigenvalue weighted by Gasteiger charge is -2.28. The van der Waals surface area contributed by atoms with Crippen molar-refractivity contribution in [1.29, 1.82) is 0 Å². The molecule has 0 atom stereocenters. The molecule has 0 aliphatic carbocycles. The highest BCUT2D eigenvalue weighted by atomic mass is 32.2. The molecule has 0 bridgehead atoms. The largest absolute Gasteiger partial charge is 0.378 e. The Morgan fingerprint density at radius 1 is 1.27 bits per heavy atom. The Morgan fingerprint density at radius 3 is 2.73 bits per heavy atom. The summed E-state index contributed by atoms with van der Waals surface area (Å²) >= 11 is 1.24. The quantitative estimate of drug-likeness (QED) is 0.684. The third-order valence-corrected chi connectivity index (χ3v) is 4.91. The van der Waals surface area contributed by atoms with Crippen LogP contribution in [0, 0.1) is 13.8 Å². The van der Waals surface area contributed by atoms with E-state index in [1.807, 2.05) is 19.9 Å². The van der Waals surface area contributed by atoms with Gasteiger partial charge in [-0.15, -0.1) is 5.10 Å².